The summed E-state index contributed by atoms with van der Waals surface area (Å²) in [5.74, 6) is -0.198. The van der Waals surface area contributed by atoms with E-state index in [2.05, 4.69) is 12.2 Å². The number of amides is 1. The molecule has 8 nitrogen and oxygen atoms in total. The van der Waals surface area contributed by atoms with Gasteiger partial charge in [0.15, 0.2) is 0 Å². The summed E-state index contributed by atoms with van der Waals surface area (Å²) >= 11 is 0. The first kappa shape index (κ1) is 32.2. The van der Waals surface area contributed by atoms with Gasteiger partial charge in [-0.2, -0.15) is 0 Å². The highest BCUT2D eigenvalue weighted by molar-refractivity contribution is 7.47. The molecule has 0 saturated heterocycles. The highest BCUT2D eigenvalue weighted by atomic mass is 31.2. The molecule has 0 heterocycles. The van der Waals surface area contributed by atoms with Gasteiger partial charge >= 0.3 is 7.82 Å². The molecule has 0 spiro atoms. The third-order valence-corrected chi connectivity index (χ3v) is 6.22. The SMILES string of the molecule is CCC/C=C/C(O)C(COP(=O)(O)OCC[N+](C)(C)C)NC(=O)CCCCCCCCCC. The molecule has 0 bridgehead atoms. The molecule has 0 aliphatic carbocycles. The predicted molar refractivity (Wildman–Crippen MR) is 134 cm³/mol. The van der Waals surface area contributed by atoms with Crippen molar-refractivity contribution in [3.8, 4) is 0 Å². The summed E-state index contributed by atoms with van der Waals surface area (Å²) < 4.78 is 22.9. The van der Waals surface area contributed by atoms with Crippen molar-refractivity contribution in [2.24, 2.45) is 0 Å². The summed E-state index contributed by atoms with van der Waals surface area (Å²) in [6.07, 6.45) is 13.6. The Hall–Kier alpha value is -0.760. The lowest BCUT2D eigenvalue weighted by atomic mass is 10.1. The van der Waals surface area contributed by atoms with E-state index in [4.69, 9.17) is 9.05 Å². The molecule has 0 aliphatic heterocycles. The van der Waals surface area contributed by atoms with Gasteiger partial charge in [-0.3, -0.25) is 13.8 Å². The van der Waals surface area contributed by atoms with Crippen molar-refractivity contribution in [3.05, 3.63) is 12.2 Å². The van der Waals surface area contributed by atoms with E-state index in [1.165, 1.54) is 32.1 Å². The molecule has 0 aromatic rings. The zero-order valence-corrected chi connectivity index (χ0v) is 22.5. The van der Waals surface area contributed by atoms with E-state index >= 15 is 0 Å². The zero-order valence-electron chi connectivity index (χ0n) is 21.6. The van der Waals surface area contributed by atoms with Gasteiger partial charge in [0.1, 0.15) is 13.2 Å². The Balaban J connectivity index is 4.59. The Morgan fingerprint density at radius 1 is 1.00 bits per heavy atom. The number of nitrogens with zero attached hydrogens (tertiary/aromatic N) is 1. The maximum Gasteiger partial charge on any atom is 0.472 e. The number of aliphatic hydroxyl groups excluding tert-OH is 1. The number of carbonyl (C=O) groups is 1. The minimum atomic E-state index is -4.29. The first-order valence-corrected chi connectivity index (χ1v) is 14.1. The molecule has 1 amide bonds. The van der Waals surface area contributed by atoms with E-state index in [1.807, 2.05) is 34.1 Å². The monoisotopic (exact) mass is 493 g/mol. The van der Waals surface area contributed by atoms with Crippen molar-refractivity contribution in [2.45, 2.75) is 96.6 Å². The number of aliphatic hydroxyl groups is 1. The average Bonchev–Trinajstić information content (AvgIpc) is 2.72. The number of unbranched alkanes of at least 4 members (excludes halogenated alkanes) is 8. The maximum atomic E-state index is 12.4. The van der Waals surface area contributed by atoms with E-state index in [1.54, 1.807) is 6.08 Å². The van der Waals surface area contributed by atoms with Gasteiger partial charge in [-0.25, -0.2) is 4.57 Å². The first-order valence-electron chi connectivity index (χ1n) is 12.6. The number of nitrogens with one attached hydrogen (secondary N) is 1. The summed E-state index contributed by atoms with van der Waals surface area (Å²) in [6.45, 7) is 4.50. The lowest BCUT2D eigenvalue weighted by molar-refractivity contribution is -0.870. The molecular weight excluding hydrogens is 443 g/mol. The molecule has 0 aromatic heterocycles. The number of phosphoric ester groups is 1. The van der Waals surface area contributed by atoms with Crippen LogP contribution in [-0.4, -0.2) is 73.4 Å². The lowest BCUT2D eigenvalue weighted by Crippen LogP contribution is -2.45. The molecule has 33 heavy (non-hydrogen) atoms. The zero-order chi connectivity index (χ0) is 25.2. The molecule has 3 atom stereocenters. The van der Waals surface area contributed by atoms with Gasteiger partial charge in [0, 0.05) is 6.42 Å². The Morgan fingerprint density at radius 2 is 1.61 bits per heavy atom. The molecule has 0 radical (unpaired) electrons. The van der Waals surface area contributed by atoms with E-state index < -0.39 is 20.0 Å². The van der Waals surface area contributed by atoms with Gasteiger partial charge in [0.2, 0.25) is 5.91 Å². The van der Waals surface area contributed by atoms with Crippen molar-refractivity contribution >= 4 is 13.7 Å². The average molecular weight is 494 g/mol. The van der Waals surface area contributed by atoms with Crippen LogP contribution in [0.25, 0.3) is 0 Å². The highest BCUT2D eigenvalue weighted by Gasteiger charge is 2.27. The fourth-order valence-corrected chi connectivity index (χ4v) is 3.84. The van der Waals surface area contributed by atoms with Gasteiger partial charge in [0.25, 0.3) is 0 Å². The number of carbonyl (C=O) groups excluding carboxylic acids is 1. The lowest BCUT2D eigenvalue weighted by Gasteiger charge is -2.25. The second-order valence-electron chi connectivity index (χ2n) is 9.72. The molecule has 3 N–H and O–H groups in total. The van der Waals surface area contributed by atoms with Crippen LogP contribution in [0.4, 0.5) is 0 Å². The smallest absolute Gasteiger partial charge is 0.387 e. The van der Waals surface area contributed by atoms with Crippen LogP contribution in [0.1, 0.15) is 84.5 Å². The van der Waals surface area contributed by atoms with E-state index in [0.717, 1.165) is 32.1 Å². The number of phosphoric acid groups is 1. The fourth-order valence-electron chi connectivity index (χ4n) is 3.10. The summed E-state index contributed by atoms with van der Waals surface area (Å²) in [5, 5.41) is 13.2. The van der Waals surface area contributed by atoms with Crippen molar-refractivity contribution in [1.82, 2.24) is 5.32 Å². The van der Waals surface area contributed by atoms with Gasteiger partial charge in [0.05, 0.1) is 39.9 Å². The van der Waals surface area contributed by atoms with Crippen LogP contribution >= 0.6 is 7.82 Å². The number of hydrogen-bond acceptors (Lipinski definition) is 5. The maximum absolute atomic E-state index is 12.4. The van der Waals surface area contributed by atoms with E-state index in [-0.39, 0.29) is 19.1 Å². The quantitative estimate of drug-likeness (QED) is 0.0937. The standard InChI is InChI=1S/C24H49N2O6P/c1-6-8-10-11-12-13-14-16-18-24(28)25-22(23(27)17-15-9-7-2)21-32-33(29,30)31-20-19-26(3,4)5/h15,17,22-23,27H,6-14,16,18-21H2,1-5H3,(H-,25,28,29,30)/p+1/b17-15+. The Bertz CT molecular complexity index is 580. The topological polar surface area (TPSA) is 105 Å². The second kappa shape index (κ2) is 18.6. The van der Waals surface area contributed by atoms with E-state index in [9.17, 15) is 19.4 Å². The Morgan fingerprint density at radius 3 is 2.18 bits per heavy atom. The number of allylic oxidation sites excluding steroid dienone is 1. The molecule has 0 saturated carbocycles. The van der Waals surface area contributed by atoms with Crippen LogP contribution in [-0.2, 0) is 18.4 Å². The third kappa shape index (κ3) is 20.3. The number of likely N-dealkylation sites (N-methyl/N-ethyl adjacent to an activating group) is 1. The minimum Gasteiger partial charge on any atom is -0.387 e. The Kier molecular flexibility index (Phi) is 18.1. The molecule has 0 fully saturated rings. The molecule has 0 aromatic carbocycles. The summed E-state index contributed by atoms with van der Waals surface area (Å²) in [6, 6.07) is -0.831. The normalized spacial score (nSPS) is 16.0. The molecule has 3 unspecified atom stereocenters. The summed E-state index contributed by atoms with van der Waals surface area (Å²) in [5.41, 5.74) is 0. The van der Waals surface area contributed by atoms with Gasteiger partial charge in [-0.15, -0.1) is 0 Å². The molecule has 9 heteroatoms. The summed E-state index contributed by atoms with van der Waals surface area (Å²) in [7, 11) is 1.56. The second-order valence-corrected chi connectivity index (χ2v) is 11.2. The van der Waals surface area contributed by atoms with Crippen molar-refractivity contribution in [1.29, 1.82) is 0 Å². The molecular formula is C24H50N2O6P+. The molecule has 196 valence electrons. The largest absolute Gasteiger partial charge is 0.472 e. The Labute approximate surface area is 201 Å². The minimum absolute atomic E-state index is 0.0612. The molecule has 0 aliphatic rings. The summed E-state index contributed by atoms with van der Waals surface area (Å²) in [4.78, 5) is 22.4. The number of rotatable bonds is 21. The van der Waals surface area contributed by atoms with Gasteiger partial charge in [-0.05, 0) is 12.8 Å². The fraction of sp³-hybridized carbons (Fsp3) is 0.875. The first-order chi connectivity index (χ1) is 15.5. The van der Waals surface area contributed by atoms with E-state index in [0.29, 0.717) is 17.4 Å². The third-order valence-electron chi connectivity index (χ3n) is 5.24. The van der Waals surface area contributed by atoms with Gasteiger partial charge < -0.3 is 19.8 Å². The van der Waals surface area contributed by atoms with Crippen LogP contribution in [0, 0.1) is 0 Å². The van der Waals surface area contributed by atoms with Crippen LogP contribution in [0.2, 0.25) is 0 Å². The van der Waals surface area contributed by atoms with Gasteiger partial charge in [-0.1, -0.05) is 77.4 Å². The van der Waals surface area contributed by atoms with Crippen LogP contribution in [0.5, 0.6) is 0 Å². The van der Waals surface area contributed by atoms with Crippen LogP contribution in [0.3, 0.4) is 0 Å². The van der Waals surface area contributed by atoms with Crippen molar-refractivity contribution < 1.29 is 32.9 Å². The predicted octanol–water partition coefficient (Wildman–Crippen LogP) is 4.56. The molecule has 0 rings (SSSR count). The number of quaternary nitrogens is 1. The van der Waals surface area contributed by atoms with Crippen molar-refractivity contribution in [3.63, 3.8) is 0 Å². The highest BCUT2D eigenvalue weighted by Crippen LogP contribution is 2.43. The van der Waals surface area contributed by atoms with Crippen LogP contribution in [0.15, 0.2) is 12.2 Å². The van der Waals surface area contributed by atoms with Crippen molar-refractivity contribution in [2.75, 3.05) is 40.9 Å². The van der Waals surface area contributed by atoms with Crippen LogP contribution < -0.4 is 5.32 Å². The number of hydrogen-bond donors (Lipinski definition) is 3.